The number of rotatable bonds is 0. The molecule has 1 rings (SSSR count). The Hall–Kier alpha value is 0.400. The molecular formula is C4H7NS2. The molecule has 0 amide bonds. The van der Waals surface area contributed by atoms with Crippen LogP contribution in [0.2, 0.25) is 0 Å². The minimum absolute atomic E-state index is 0. The first-order valence-corrected chi connectivity index (χ1v) is 2.91. The molecule has 1 N–H and O–H groups in total. The summed E-state index contributed by atoms with van der Waals surface area (Å²) in [4.78, 5) is 0. The first kappa shape index (κ1) is 7.40. The summed E-state index contributed by atoms with van der Waals surface area (Å²) < 4.78 is 3.11. The number of hydrogen-bond acceptors (Lipinski definition) is 2. The zero-order chi connectivity index (χ0) is 4.24. The molecule has 0 aromatic carbocycles. The van der Waals surface area contributed by atoms with Gasteiger partial charge in [-0.15, -0.1) is 0 Å². The molecule has 0 atom stereocenters. The van der Waals surface area contributed by atoms with Gasteiger partial charge in [0, 0.05) is 20.0 Å². The van der Waals surface area contributed by atoms with Crippen molar-refractivity contribution in [3.63, 3.8) is 0 Å². The van der Waals surface area contributed by atoms with E-state index in [-0.39, 0.29) is 13.5 Å². The number of nitrogens with one attached hydrogen (secondary N) is 1. The third-order valence-corrected chi connectivity index (χ3v) is 1.36. The van der Waals surface area contributed by atoms with Crippen molar-refractivity contribution >= 4 is 25.4 Å². The summed E-state index contributed by atoms with van der Waals surface area (Å²) in [5.74, 6) is 0. The summed E-state index contributed by atoms with van der Waals surface area (Å²) in [5, 5.41) is 2.07. The molecule has 0 bridgehead atoms. The van der Waals surface area contributed by atoms with Crippen LogP contribution in [0.25, 0.3) is 0 Å². The van der Waals surface area contributed by atoms with E-state index in [1.807, 2.05) is 0 Å². The van der Waals surface area contributed by atoms with Crippen LogP contribution in [0.5, 0.6) is 0 Å². The Kier molecular flexibility index (Phi) is 4.82. The maximum atomic E-state index is 3.11. The zero-order valence-corrected chi connectivity index (χ0v) is 5.52. The van der Waals surface area contributed by atoms with E-state index in [9.17, 15) is 0 Å². The van der Waals surface area contributed by atoms with E-state index < -0.39 is 0 Å². The molecule has 1 nitrogen and oxygen atoms in total. The van der Waals surface area contributed by atoms with Crippen molar-refractivity contribution in [2.45, 2.75) is 6.42 Å². The molecule has 0 aliphatic carbocycles. The highest BCUT2D eigenvalue weighted by Crippen LogP contribution is 2.01. The molecule has 0 aromatic rings. The van der Waals surface area contributed by atoms with E-state index in [2.05, 4.69) is 16.2 Å². The fourth-order valence-electron chi connectivity index (χ4n) is 0.365. The van der Waals surface area contributed by atoms with Crippen LogP contribution in [0.3, 0.4) is 0 Å². The first-order chi connectivity index (χ1) is 3.00. The van der Waals surface area contributed by atoms with Crippen LogP contribution in [0, 0.1) is 0 Å². The zero-order valence-electron chi connectivity index (χ0n) is 3.89. The maximum absolute atomic E-state index is 3.11. The molecule has 0 fully saturated rings. The van der Waals surface area contributed by atoms with Crippen LogP contribution in [-0.4, -0.2) is 6.54 Å². The lowest BCUT2D eigenvalue weighted by molar-refractivity contribution is 0.931. The Balaban J connectivity index is 0.000000360. The summed E-state index contributed by atoms with van der Waals surface area (Å²) in [5.41, 5.74) is 0. The summed E-state index contributed by atoms with van der Waals surface area (Å²) in [7, 11) is 0. The van der Waals surface area contributed by atoms with E-state index in [0.717, 1.165) is 6.54 Å². The molecule has 1 heterocycles. The van der Waals surface area contributed by atoms with Gasteiger partial charge in [0.05, 0.1) is 0 Å². The molecular weight excluding hydrogens is 126 g/mol. The molecule has 0 aromatic heterocycles. The predicted octanol–water partition coefficient (Wildman–Crippen LogP) is 1.79. The molecule has 7 heavy (non-hydrogen) atoms. The smallest absolute Gasteiger partial charge is 0.00965 e. The van der Waals surface area contributed by atoms with E-state index in [4.69, 9.17) is 0 Å². The van der Waals surface area contributed by atoms with Crippen LogP contribution < -0.4 is 4.72 Å². The predicted molar refractivity (Wildman–Crippen MR) is 36.9 cm³/mol. The third kappa shape index (κ3) is 3.02. The molecule has 40 valence electrons. The minimum Gasteiger partial charge on any atom is -0.260 e. The van der Waals surface area contributed by atoms with Gasteiger partial charge in [-0.1, -0.05) is 18.0 Å². The number of hydrogen-bond donors (Lipinski definition) is 1. The Bertz CT molecular complexity index is 54.7. The Morgan fingerprint density at radius 1 is 1.57 bits per heavy atom. The lowest BCUT2D eigenvalue weighted by Gasteiger charge is -2.00. The molecule has 3 heteroatoms. The van der Waals surface area contributed by atoms with Crippen molar-refractivity contribution in [3.05, 3.63) is 11.5 Å². The second kappa shape index (κ2) is 4.56. The topological polar surface area (TPSA) is 12.0 Å². The van der Waals surface area contributed by atoms with Crippen LogP contribution in [-0.2, 0) is 0 Å². The maximum Gasteiger partial charge on any atom is 0.00965 e. The largest absolute Gasteiger partial charge is 0.260 e. The van der Waals surface area contributed by atoms with Gasteiger partial charge in [-0.2, -0.15) is 0 Å². The van der Waals surface area contributed by atoms with Crippen LogP contribution >= 0.6 is 25.4 Å². The van der Waals surface area contributed by atoms with Crippen molar-refractivity contribution in [3.8, 4) is 0 Å². The summed E-state index contributed by atoms with van der Waals surface area (Å²) in [6, 6.07) is 0. The summed E-state index contributed by atoms with van der Waals surface area (Å²) in [6.07, 6.45) is 3.36. The van der Waals surface area contributed by atoms with Crippen molar-refractivity contribution < 1.29 is 0 Å². The van der Waals surface area contributed by atoms with Gasteiger partial charge in [-0.05, 0) is 11.8 Å². The quantitative estimate of drug-likeness (QED) is 0.506. The SMILES string of the molecule is C1=CSNCC1.[S]. The summed E-state index contributed by atoms with van der Waals surface area (Å²) >= 11 is 1.66. The van der Waals surface area contributed by atoms with E-state index in [0.29, 0.717) is 0 Å². The van der Waals surface area contributed by atoms with Crippen molar-refractivity contribution in [1.82, 2.24) is 4.72 Å². The summed E-state index contributed by atoms with van der Waals surface area (Å²) in [6.45, 7) is 1.13. The lowest BCUT2D eigenvalue weighted by atomic mass is 10.4. The Morgan fingerprint density at radius 2 is 2.43 bits per heavy atom. The minimum atomic E-state index is 0. The Morgan fingerprint density at radius 3 is 2.57 bits per heavy atom. The second-order valence-electron chi connectivity index (χ2n) is 1.17. The molecule has 0 saturated carbocycles. The average Bonchev–Trinajstić information content (AvgIpc) is 1.72. The highest BCUT2D eigenvalue weighted by atomic mass is 32.2. The molecule has 2 radical (unpaired) electrons. The second-order valence-corrected chi connectivity index (χ2v) is 1.97. The van der Waals surface area contributed by atoms with Gasteiger partial charge in [-0.3, -0.25) is 4.72 Å². The van der Waals surface area contributed by atoms with E-state index in [1.54, 1.807) is 11.9 Å². The van der Waals surface area contributed by atoms with Gasteiger partial charge >= 0.3 is 0 Å². The monoisotopic (exact) mass is 133 g/mol. The van der Waals surface area contributed by atoms with Crippen molar-refractivity contribution in [1.29, 1.82) is 0 Å². The van der Waals surface area contributed by atoms with Crippen molar-refractivity contribution in [2.24, 2.45) is 0 Å². The van der Waals surface area contributed by atoms with Crippen LogP contribution in [0.4, 0.5) is 0 Å². The average molecular weight is 133 g/mol. The fraction of sp³-hybridized carbons (Fsp3) is 0.500. The highest BCUT2D eigenvalue weighted by molar-refractivity contribution is 8.00. The standard InChI is InChI=1S/C4H7NS.S/c1-2-4-6-5-3-1;/h2,4-5H,1,3H2;. The van der Waals surface area contributed by atoms with Gasteiger partial charge < -0.3 is 0 Å². The van der Waals surface area contributed by atoms with E-state index in [1.165, 1.54) is 6.42 Å². The Labute approximate surface area is 55.1 Å². The first-order valence-electron chi connectivity index (χ1n) is 2.03. The van der Waals surface area contributed by atoms with Gasteiger partial charge in [0.25, 0.3) is 0 Å². The fourth-order valence-corrected chi connectivity index (χ4v) is 0.930. The highest BCUT2D eigenvalue weighted by Gasteiger charge is 1.85. The van der Waals surface area contributed by atoms with Gasteiger partial charge in [0.15, 0.2) is 0 Å². The molecule has 0 spiro atoms. The van der Waals surface area contributed by atoms with E-state index >= 15 is 0 Å². The molecule has 0 unspecified atom stereocenters. The van der Waals surface area contributed by atoms with Gasteiger partial charge in [-0.25, -0.2) is 0 Å². The molecule has 1 aliphatic rings. The van der Waals surface area contributed by atoms with Crippen molar-refractivity contribution in [2.75, 3.05) is 6.54 Å². The van der Waals surface area contributed by atoms with Gasteiger partial charge in [0.1, 0.15) is 0 Å². The molecule has 1 aliphatic heterocycles. The van der Waals surface area contributed by atoms with Gasteiger partial charge in [0.2, 0.25) is 0 Å². The lowest BCUT2D eigenvalue weighted by Crippen LogP contribution is -2.05. The van der Waals surface area contributed by atoms with Crippen LogP contribution in [0.15, 0.2) is 11.5 Å². The normalized spacial score (nSPS) is 18.3. The molecule has 0 saturated heterocycles. The van der Waals surface area contributed by atoms with Crippen LogP contribution in [0.1, 0.15) is 6.42 Å². The third-order valence-electron chi connectivity index (χ3n) is 0.661.